The van der Waals surface area contributed by atoms with Gasteiger partial charge in [0.2, 0.25) is 6.71 Å². The molecule has 0 amide bonds. The van der Waals surface area contributed by atoms with E-state index in [2.05, 4.69) is 141 Å². The lowest BCUT2D eigenvalue weighted by molar-refractivity contribution is 0.590. The number of thiophene rings is 1. The molecular formula is C38H31BN2S. The van der Waals surface area contributed by atoms with E-state index in [0.717, 1.165) is 6.32 Å². The fourth-order valence-corrected chi connectivity index (χ4v) is 8.87. The van der Waals surface area contributed by atoms with Gasteiger partial charge >= 0.3 is 0 Å². The lowest BCUT2D eigenvalue weighted by Crippen LogP contribution is -2.44. The minimum atomic E-state index is 0.112. The van der Waals surface area contributed by atoms with Crippen LogP contribution in [0.5, 0.6) is 0 Å². The fourth-order valence-electron chi connectivity index (χ4n) is 7.54. The molecule has 0 fully saturated rings. The van der Waals surface area contributed by atoms with Crippen LogP contribution in [0.3, 0.4) is 0 Å². The van der Waals surface area contributed by atoms with E-state index in [0.29, 0.717) is 0 Å². The number of anilines is 6. The second-order valence-electron chi connectivity index (χ2n) is 13.1. The highest BCUT2D eigenvalue weighted by Gasteiger charge is 2.42. The molecule has 0 saturated carbocycles. The third-order valence-corrected chi connectivity index (χ3v) is 10.7. The normalized spacial score (nSPS) is 14.4. The van der Waals surface area contributed by atoms with Gasteiger partial charge in [-0.15, -0.1) is 11.3 Å². The molecule has 3 aliphatic heterocycles. The van der Waals surface area contributed by atoms with Crippen molar-refractivity contribution < 1.29 is 0 Å². The quantitative estimate of drug-likeness (QED) is 0.185. The second-order valence-corrected chi connectivity index (χ2v) is 14.2. The fraction of sp³-hybridized carbons (Fsp3) is 0.158. The van der Waals surface area contributed by atoms with E-state index >= 15 is 0 Å². The number of rotatable bonds is 1. The van der Waals surface area contributed by atoms with Gasteiger partial charge in [0.1, 0.15) is 0 Å². The Labute approximate surface area is 251 Å². The highest BCUT2D eigenvalue weighted by Crippen LogP contribution is 2.56. The standard InChI is InChI=1S/C38H31BN2S/c1-23-20-32-28-22-39(29-12-6-8-14-31(29)40(32)25-18-16-24(17-19-25)38(2,3)4)37-36-35-27(11-9-15-34(35)42-37)26-10-5-7-13-30(26)41(36)33(28)21-23/h5-21H,22H2,1-4H3. The summed E-state index contributed by atoms with van der Waals surface area (Å²) in [6.45, 7) is 9.39. The summed E-state index contributed by atoms with van der Waals surface area (Å²) in [5.41, 5.74) is 16.0. The molecular weight excluding hydrogens is 527 g/mol. The van der Waals surface area contributed by atoms with Crippen LogP contribution in [-0.4, -0.2) is 6.71 Å². The number of benzene rings is 5. The first-order chi connectivity index (χ1) is 20.4. The molecule has 4 heteroatoms. The molecule has 1 aromatic heterocycles. The van der Waals surface area contributed by atoms with Crippen LogP contribution in [-0.2, 0) is 11.7 Å². The van der Waals surface area contributed by atoms with Crippen LogP contribution in [0.2, 0.25) is 0 Å². The summed E-state index contributed by atoms with van der Waals surface area (Å²) < 4.78 is 2.86. The van der Waals surface area contributed by atoms with Gasteiger partial charge < -0.3 is 9.80 Å². The van der Waals surface area contributed by atoms with E-state index in [9.17, 15) is 0 Å². The summed E-state index contributed by atoms with van der Waals surface area (Å²) in [4.78, 5) is 5.14. The average molecular weight is 559 g/mol. The molecule has 9 rings (SSSR count). The van der Waals surface area contributed by atoms with Crippen LogP contribution in [0, 0.1) is 6.92 Å². The summed E-state index contributed by atoms with van der Waals surface area (Å²) in [5, 5.41) is 1.41. The Balaban J connectivity index is 1.41. The minimum absolute atomic E-state index is 0.112. The maximum absolute atomic E-state index is 2.61. The van der Waals surface area contributed by atoms with Gasteiger partial charge in [-0.3, -0.25) is 0 Å². The number of para-hydroxylation sites is 2. The van der Waals surface area contributed by atoms with Gasteiger partial charge in [0, 0.05) is 31.8 Å². The number of aryl methyl sites for hydroxylation is 1. The first-order valence-electron chi connectivity index (χ1n) is 15.0. The third-order valence-electron chi connectivity index (χ3n) is 9.47. The van der Waals surface area contributed by atoms with Crippen LogP contribution in [0.4, 0.5) is 34.1 Å². The molecule has 6 aromatic rings. The maximum Gasteiger partial charge on any atom is 0.232 e. The molecule has 5 aromatic carbocycles. The van der Waals surface area contributed by atoms with Crippen molar-refractivity contribution in [1.82, 2.24) is 0 Å². The van der Waals surface area contributed by atoms with Crippen molar-refractivity contribution in [2.45, 2.75) is 39.4 Å². The number of hydrogen-bond donors (Lipinski definition) is 0. The molecule has 202 valence electrons. The SMILES string of the molecule is Cc1cc2c3c(c1)N1c4ccccc4-c4cccc5sc(c1c45)B(C3)c1ccccc1N2c1ccc(C(C)(C)C)cc1. The summed E-state index contributed by atoms with van der Waals surface area (Å²) in [6.07, 6.45) is 0.979. The van der Waals surface area contributed by atoms with E-state index in [1.165, 1.54) is 82.3 Å². The van der Waals surface area contributed by atoms with Crippen molar-refractivity contribution in [1.29, 1.82) is 0 Å². The van der Waals surface area contributed by atoms with Crippen molar-refractivity contribution in [3.05, 3.63) is 120 Å². The zero-order valence-electron chi connectivity index (χ0n) is 24.4. The van der Waals surface area contributed by atoms with Crippen LogP contribution < -0.4 is 20.0 Å². The molecule has 3 aliphatic rings. The molecule has 0 saturated heterocycles. The second kappa shape index (κ2) is 8.39. The van der Waals surface area contributed by atoms with E-state index in [-0.39, 0.29) is 12.1 Å². The molecule has 4 heterocycles. The summed E-state index contributed by atoms with van der Waals surface area (Å²) >= 11 is 1.99. The maximum atomic E-state index is 2.61. The Morgan fingerprint density at radius 1 is 0.690 bits per heavy atom. The van der Waals surface area contributed by atoms with E-state index < -0.39 is 0 Å². The monoisotopic (exact) mass is 558 g/mol. The highest BCUT2D eigenvalue weighted by atomic mass is 32.1. The molecule has 0 spiro atoms. The van der Waals surface area contributed by atoms with E-state index in [4.69, 9.17) is 0 Å². The largest absolute Gasteiger partial charge is 0.311 e. The van der Waals surface area contributed by atoms with Gasteiger partial charge in [-0.2, -0.15) is 0 Å². The van der Waals surface area contributed by atoms with Crippen molar-refractivity contribution in [2.24, 2.45) is 0 Å². The molecule has 0 radical (unpaired) electrons. The van der Waals surface area contributed by atoms with Gasteiger partial charge in [-0.1, -0.05) is 81.4 Å². The third kappa shape index (κ3) is 3.22. The van der Waals surface area contributed by atoms with Crippen molar-refractivity contribution >= 4 is 72.5 Å². The van der Waals surface area contributed by atoms with Gasteiger partial charge in [0.05, 0.1) is 22.7 Å². The Hall–Kier alpha value is -4.28. The van der Waals surface area contributed by atoms with E-state index in [1.54, 1.807) is 0 Å². The molecule has 42 heavy (non-hydrogen) atoms. The molecule has 0 unspecified atom stereocenters. The number of hydrogen-bond acceptors (Lipinski definition) is 3. The Morgan fingerprint density at radius 2 is 1.38 bits per heavy atom. The van der Waals surface area contributed by atoms with Crippen LogP contribution in [0.15, 0.2) is 103 Å². The van der Waals surface area contributed by atoms with Gasteiger partial charge in [0.15, 0.2) is 0 Å². The van der Waals surface area contributed by atoms with Gasteiger partial charge in [0.25, 0.3) is 0 Å². The average Bonchev–Trinajstić information content (AvgIpc) is 3.22. The van der Waals surface area contributed by atoms with Gasteiger partial charge in [-0.05, 0) is 88.8 Å². The van der Waals surface area contributed by atoms with Crippen LogP contribution in [0.25, 0.3) is 21.2 Å². The predicted molar refractivity (Wildman–Crippen MR) is 182 cm³/mol. The molecule has 2 nitrogen and oxygen atoms in total. The van der Waals surface area contributed by atoms with Crippen molar-refractivity contribution in [3.8, 4) is 11.1 Å². The minimum Gasteiger partial charge on any atom is -0.311 e. The van der Waals surface area contributed by atoms with Crippen molar-refractivity contribution in [2.75, 3.05) is 9.80 Å². The highest BCUT2D eigenvalue weighted by molar-refractivity contribution is 7.31. The first kappa shape index (κ1) is 24.3. The molecule has 2 bridgehead atoms. The molecule has 0 aliphatic carbocycles. The number of nitrogens with zero attached hydrogens (tertiary/aromatic N) is 2. The molecule has 0 N–H and O–H groups in total. The predicted octanol–water partition coefficient (Wildman–Crippen LogP) is 9.44. The smallest absolute Gasteiger partial charge is 0.232 e. The molecule has 0 atom stereocenters. The van der Waals surface area contributed by atoms with E-state index in [1.807, 2.05) is 11.3 Å². The first-order valence-corrected chi connectivity index (χ1v) is 15.8. The summed E-state index contributed by atoms with van der Waals surface area (Å²) in [6, 6.07) is 39.1. The van der Waals surface area contributed by atoms with Crippen LogP contribution >= 0.6 is 11.3 Å². The van der Waals surface area contributed by atoms with Crippen molar-refractivity contribution in [3.63, 3.8) is 0 Å². The lowest BCUT2D eigenvalue weighted by atomic mass is 9.40. The Bertz CT molecular complexity index is 2080. The zero-order valence-corrected chi connectivity index (χ0v) is 25.2. The summed E-state index contributed by atoms with van der Waals surface area (Å²) in [7, 11) is 0. The van der Waals surface area contributed by atoms with Crippen LogP contribution in [0.1, 0.15) is 37.5 Å². The Morgan fingerprint density at radius 3 is 2.17 bits per heavy atom. The van der Waals surface area contributed by atoms with Gasteiger partial charge in [-0.25, -0.2) is 0 Å². The lowest BCUT2D eigenvalue weighted by Gasteiger charge is -2.36. The Kier molecular flexibility index (Phi) is 4.86. The number of fused-ring (bicyclic) bond motifs is 8. The summed E-state index contributed by atoms with van der Waals surface area (Å²) in [5.74, 6) is 0. The topological polar surface area (TPSA) is 6.48 Å². The zero-order chi connectivity index (χ0) is 28.3.